The van der Waals surface area contributed by atoms with Gasteiger partial charge in [0.25, 0.3) is 0 Å². The Morgan fingerprint density at radius 3 is 3.06 bits per heavy atom. The Balaban J connectivity index is 1.89. The van der Waals surface area contributed by atoms with Crippen LogP contribution in [0.15, 0.2) is 24.3 Å². The number of amides is 1. The summed E-state index contributed by atoms with van der Waals surface area (Å²) in [5.74, 6) is 1.56. The second kappa shape index (κ2) is 4.63. The Hall–Kier alpha value is -1.51. The third-order valence-corrected chi connectivity index (χ3v) is 4.25. The lowest BCUT2D eigenvalue weighted by Crippen LogP contribution is -2.38. The van der Waals surface area contributed by atoms with E-state index in [4.69, 9.17) is 4.74 Å². The smallest absolute Gasteiger partial charge is 0.223 e. The van der Waals surface area contributed by atoms with Gasteiger partial charge in [-0.2, -0.15) is 0 Å². The second-order valence-corrected chi connectivity index (χ2v) is 5.24. The lowest BCUT2D eigenvalue weighted by Gasteiger charge is -2.32. The fourth-order valence-corrected chi connectivity index (χ4v) is 3.34. The molecule has 0 radical (unpaired) electrons. The number of piperidine rings is 1. The maximum atomic E-state index is 12.0. The first-order valence-electron chi connectivity index (χ1n) is 6.73. The fraction of sp³-hybridized carbons (Fsp3) is 0.533. The molecule has 0 aromatic heterocycles. The normalized spacial score (nSPS) is 27.2. The van der Waals surface area contributed by atoms with Gasteiger partial charge in [-0.15, -0.1) is 0 Å². The predicted molar refractivity (Wildman–Crippen MR) is 69.7 cm³/mol. The van der Waals surface area contributed by atoms with E-state index in [0.29, 0.717) is 24.3 Å². The molecule has 1 aromatic carbocycles. The quantitative estimate of drug-likeness (QED) is 0.801. The molecule has 0 saturated carbocycles. The van der Waals surface area contributed by atoms with Gasteiger partial charge in [0.05, 0.1) is 7.11 Å². The lowest BCUT2D eigenvalue weighted by atomic mass is 9.87. The van der Waals surface area contributed by atoms with E-state index in [1.807, 2.05) is 12.1 Å². The minimum Gasteiger partial charge on any atom is -0.497 e. The molecular formula is C15H19NO2. The fourth-order valence-electron chi connectivity index (χ4n) is 3.34. The number of rotatable bonds is 2. The average molecular weight is 245 g/mol. The molecule has 2 fully saturated rings. The number of ether oxygens (including phenoxy) is 1. The van der Waals surface area contributed by atoms with E-state index in [-0.39, 0.29) is 0 Å². The Bertz CT molecular complexity index is 458. The van der Waals surface area contributed by atoms with Crippen molar-refractivity contribution in [3.05, 3.63) is 29.8 Å². The van der Waals surface area contributed by atoms with E-state index in [1.54, 1.807) is 7.11 Å². The van der Waals surface area contributed by atoms with Crippen LogP contribution in [0.1, 0.15) is 37.2 Å². The molecule has 18 heavy (non-hydrogen) atoms. The third kappa shape index (κ3) is 1.88. The molecule has 2 saturated heterocycles. The van der Waals surface area contributed by atoms with Crippen LogP contribution >= 0.6 is 0 Å². The zero-order valence-electron chi connectivity index (χ0n) is 10.8. The maximum Gasteiger partial charge on any atom is 0.223 e. The number of methoxy groups -OCH3 is 1. The van der Waals surface area contributed by atoms with Gasteiger partial charge in [0.2, 0.25) is 5.91 Å². The minimum atomic E-state index is 0.326. The SMILES string of the molecule is COc1cccc(C2CC(=O)N3CCCCC23)c1. The van der Waals surface area contributed by atoms with E-state index < -0.39 is 0 Å². The van der Waals surface area contributed by atoms with Gasteiger partial charge in [0.1, 0.15) is 5.75 Å². The summed E-state index contributed by atoms with van der Waals surface area (Å²) in [5, 5.41) is 0. The van der Waals surface area contributed by atoms with Crippen LogP contribution in [-0.4, -0.2) is 30.5 Å². The average Bonchev–Trinajstić information content (AvgIpc) is 2.77. The first-order valence-corrected chi connectivity index (χ1v) is 6.73. The molecule has 3 heteroatoms. The Kier molecular flexibility index (Phi) is 2.98. The number of hydrogen-bond acceptors (Lipinski definition) is 2. The summed E-state index contributed by atoms with van der Waals surface area (Å²) in [7, 11) is 1.69. The van der Waals surface area contributed by atoms with E-state index in [1.165, 1.54) is 12.0 Å². The molecule has 3 nitrogen and oxygen atoms in total. The second-order valence-electron chi connectivity index (χ2n) is 5.24. The van der Waals surface area contributed by atoms with Crippen molar-refractivity contribution in [2.45, 2.75) is 37.6 Å². The molecule has 2 aliphatic rings. The van der Waals surface area contributed by atoms with Crippen molar-refractivity contribution >= 4 is 5.91 Å². The van der Waals surface area contributed by atoms with Gasteiger partial charge >= 0.3 is 0 Å². The topological polar surface area (TPSA) is 29.5 Å². The van der Waals surface area contributed by atoms with Gasteiger partial charge in [-0.05, 0) is 37.0 Å². The standard InChI is InChI=1S/C15H19NO2/c1-18-12-6-4-5-11(9-12)13-10-15(17)16-8-3-2-7-14(13)16/h4-6,9,13-14H,2-3,7-8,10H2,1H3. The molecule has 0 N–H and O–H groups in total. The molecule has 0 aliphatic carbocycles. The highest BCUT2D eigenvalue weighted by atomic mass is 16.5. The van der Waals surface area contributed by atoms with Crippen LogP contribution in [0.3, 0.4) is 0 Å². The van der Waals surface area contributed by atoms with Crippen LogP contribution in [0.5, 0.6) is 5.75 Å². The lowest BCUT2D eigenvalue weighted by molar-refractivity contribution is -0.129. The highest BCUT2D eigenvalue weighted by Crippen LogP contribution is 2.39. The van der Waals surface area contributed by atoms with Crippen molar-refractivity contribution in [1.82, 2.24) is 4.90 Å². The molecule has 2 aliphatic heterocycles. The number of nitrogens with zero attached hydrogens (tertiary/aromatic N) is 1. The zero-order chi connectivity index (χ0) is 12.5. The minimum absolute atomic E-state index is 0.326. The van der Waals surface area contributed by atoms with Crippen molar-refractivity contribution in [1.29, 1.82) is 0 Å². The Labute approximate surface area is 108 Å². The van der Waals surface area contributed by atoms with Crippen molar-refractivity contribution in [2.75, 3.05) is 13.7 Å². The number of fused-ring (bicyclic) bond motifs is 1. The van der Waals surface area contributed by atoms with Crippen molar-refractivity contribution < 1.29 is 9.53 Å². The first-order chi connectivity index (χ1) is 8.79. The van der Waals surface area contributed by atoms with Gasteiger partial charge in [0.15, 0.2) is 0 Å². The molecule has 1 aromatic rings. The molecule has 3 rings (SSSR count). The summed E-state index contributed by atoms with van der Waals surface area (Å²) in [5.41, 5.74) is 1.25. The molecule has 0 bridgehead atoms. The highest BCUT2D eigenvalue weighted by Gasteiger charge is 2.41. The number of benzene rings is 1. The predicted octanol–water partition coefficient (Wildman–Crippen LogP) is 2.56. The van der Waals surface area contributed by atoms with E-state index in [2.05, 4.69) is 17.0 Å². The molecule has 96 valence electrons. The Morgan fingerprint density at radius 2 is 2.22 bits per heavy atom. The molecular weight excluding hydrogens is 226 g/mol. The monoisotopic (exact) mass is 245 g/mol. The third-order valence-electron chi connectivity index (χ3n) is 4.25. The van der Waals surface area contributed by atoms with Gasteiger partial charge in [-0.3, -0.25) is 4.79 Å². The van der Waals surface area contributed by atoms with E-state index >= 15 is 0 Å². The van der Waals surface area contributed by atoms with E-state index in [0.717, 1.165) is 25.1 Å². The number of hydrogen-bond donors (Lipinski definition) is 0. The van der Waals surface area contributed by atoms with Crippen LogP contribution in [0.4, 0.5) is 0 Å². The number of carbonyl (C=O) groups is 1. The summed E-state index contributed by atoms with van der Waals surface area (Å²) in [4.78, 5) is 14.1. The maximum absolute atomic E-state index is 12.0. The van der Waals surface area contributed by atoms with Gasteiger partial charge in [0, 0.05) is 24.9 Å². The van der Waals surface area contributed by atoms with Crippen molar-refractivity contribution in [3.63, 3.8) is 0 Å². The van der Waals surface area contributed by atoms with E-state index in [9.17, 15) is 4.79 Å². The van der Waals surface area contributed by atoms with Gasteiger partial charge < -0.3 is 9.64 Å². The summed E-state index contributed by atoms with van der Waals surface area (Å²) in [6, 6.07) is 8.59. The van der Waals surface area contributed by atoms with Crippen LogP contribution in [-0.2, 0) is 4.79 Å². The van der Waals surface area contributed by atoms with Crippen LogP contribution in [0.2, 0.25) is 0 Å². The molecule has 2 unspecified atom stereocenters. The zero-order valence-corrected chi connectivity index (χ0v) is 10.8. The molecule has 1 amide bonds. The van der Waals surface area contributed by atoms with Crippen LogP contribution in [0, 0.1) is 0 Å². The Morgan fingerprint density at radius 1 is 1.33 bits per heavy atom. The van der Waals surface area contributed by atoms with Gasteiger partial charge in [-0.1, -0.05) is 12.1 Å². The van der Waals surface area contributed by atoms with Crippen LogP contribution < -0.4 is 4.74 Å². The van der Waals surface area contributed by atoms with Crippen LogP contribution in [0.25, 0.3) is 0 Å². The number of carbonyl (C=O) groups excluding carboxylic acids is 1. The summed E-state index contributed by atoms with van der Waals surface area (Å²) < 4.78 is 5.28. The highest BCUT2D eigenvalue weighted by molar-refractivity contribution is 5.80. The van der Waals surface area contributed by atoms with Gasteiger partial charge in [-0.25, -0.2) is 0 Å². The summed E-state index contributed by atoms with van der Waals surface area (Å²) in [6.45, 7) is 0.948. The largest absolute Gasteiger partial charge is 0.497 e. The molecule has 2 heterocycles. The summed E-state index contributed by atoms with van der Waals surface area (Å²) in [6.07, 6.45) is 4.22. The summed E-state index contributed by atoms with van der Waals surface area (Å²) >= 11 is 0. The van der Waals surface area contributed by atoms with Crippen molar-refractivity contribution in [2.24, 2.45) is 0 Å². The molecule has 2 atom stereocenters. The van der Waals surface area contributed by atoms with Crippen molar-refractivity contribution in [3.8, 4) is 5.75 Å². The molecule has 0 spiro atoms. The first kappa shape index (κ1) is 11.6.